The molecule has 0 aliphatic carbocycles. The molecule has 3 nitrogen and oxygen atoms in total. The summed E-state index contributed by atoms with van der Waals surface area (Å²) in [5.41, 5.74) is 5.16. The first-order valence-corrected chi connectivity index (χ1v) is 9.11. The van der Waals surface area contributed by atoms with Gasteiger partial charge in [-0.05, 0) is 55.4 Å². The lowest BCUT2D eigenvalue weighted by atomic mass is 9.96. The molecule has 3 rings (SSSR count). The Bertz CT molecular complexity index is 808. The first-order valence-electron chi connectivity index (χ1n) is 9.11. The number of aliphatic hydroxyl groups excluding tert-OH is 1. The third-order valence-electron chi connectivity index (χ3n) is 4.98. The van der Waals surface area contributed by atoms with Crippen LogP contribution in [0.25, 0.3) is 10.9 Å². The van der Waals surface area contributed by atoms with Crippen molar-refractivity contribution in [3.63, 3.8) is 0 Å². The lowest BCUT2D eigenvalue weighted by molar-refractivity contribution is 0.218. The minimum atomic E-state index is 0.209. The van der Waals surface area contributed by atoms with E-state index in [1.807, 2.05) is 0 Å². The van der Waals surface area contributed by atoms with Crippen LogP contribution in [0.1, 0.15) is 23.6 Å². The molecule has 1 heterocycles. The molecule has 2 atom stereocenters. The number of aromatic amines is 1. The molecule has 0 aliphatic rings. The lowest BCUT2D eigenvalue weighted by Crippen LogP contribution is -2.34. The van der Waals surface area contributed by atoms with Gasteiger partial charge < -0.3 is 15.4 Å². The number of aromatic nitrogens is 1. The van der Waals surface area contributed by atoms with Gasteiger partial charge in [-0.3, -0.25) is 0 Å². The van der Waals surface area contributed by atoms with E-state index in [0.29, 0.717) is 6.04 Å². The van der Waals surface area contributed by atoms with Crippen LogP contribution in [0.3, 0.4) is 0 Å². The Balaban J connectivity index is 1.55. The highest BCUT2D eigenvalue weighted by Gasteiger charge is 2.13. The number of rotatable bonds is 8. The molecule has 0 bridgehead atoms. The van der Waals surface area contributed by atoms with Crippen LogP contribution >= 0.6 is 0 Å². The molecule has 0 fully saturated rings. The Morgan fingerprint density at radius 1 is 1.00 bits per heavy atom. The molecule has 132 valence electrons. The number of H-pyrrole nitrogens is 1. The number of fused-ring (bicyclic) bond motifs is 1. The second kappa shape index (κ2) is 8.32. The zero-order valence-electron chi connectivity index (χ0n) is 15.1. The maximum absolute atomic E-state index is 9.74. The largest absolute Gasteiger partial charge is 0.396 e. The average molecular weight is 336 g/mol. The van der Waals surface area contributed by atoms with Gasteiger partial charge in [-0.15, -0.1) is 0 Å². The van der Waals surface area contributed by atoms with E-state index in [1.54, 1.807) is 0 Å². The molecule has 25 heavy (non-hydrogen) atoms. The summed E-state index contributed by atoms with van der Waals surface area (Å²) in [6.07, 6.45) is 4.00. The zero-order valence-corrected chi connectivity index (χ0v) is 15.1. The maximum Gasteiger partial charge on any atom is 0.0474 e. The standard InChI is InChI=1S/C22H28N2O/c1-16-7-3-4-8-19(16)12-18(15-25)13-23-17(2)11-20-14-24-22-10-6-5-9-21(20)22/h3-10,14,17-18,23-25H,11-13,15H2,1-2H3. The molecule has 1 aromatic heterocycles. The number of aliphatic hydroxyl groups is 1. The van der Waals surface area contributed by atoms with E-state index in [9.17, 15) is 5.11 Å². The molecule has 3 aromatic rings. The highest BCUT2D eigenvalue weighted by molar-refractivity contribution is 5.83. The van der Waals surface area contributed by atoms with Gasteiger partial charge in [0, 0.05) is 36.3 Å². The minimum Gasteiger partial charge on any atom is -0.396 e. The Morgan fingerprint density at radius 2 is 1.76 bits per heavy atom. The molecular weight excluding hydrogens is 308 g/mol. The van der Waals surface area contributed by atoms with Crippen molar-refractivity contribution < 1.29 is 5.11 Å². The van der Waals surface area contributed by atoms with Crippen LogP contribution in [0, 0.1) is 12.8 Å². The quantitative estimate of drug-likeness (QED) is 0.585. The third-order valence-corrected chi connectivity index (χ3v) is 4.98. The Hall–Kier alpha value is -2.10. The normalized spacial score (nSPS) is 13.9. The van der Waals surface area contributed by atoms with Crippen molar-refractivity contribution in [3.8, 4) is 0 Å². The molecule has 0 amide bonds. The van der Waals surface area contributed by atoms with Crippen LogP contribution in [0.4, 0.5) is 0 Å². The summed E-state index contributed by atoms with van der Waals surface area (Å²) < 4.78 is 0. The second-order valence-corrected chi connectivity index (χ2v) is 7.05. The molecule has 0 saturated carbocycles. The fourth-order valence-electron chi connectivity index (χ4n) is 3.42. The molecule has 3 N–H and O–H groups in total. The smallest absolute Gasteiger partial charge is 0.0474 e. The van der Waals surface area contributed by atoms with Gasteiger partial charge in [0.1, 0.15) is 0 Å². The first-order chi connectivity index (χ1) is 12.2. The fourth-order valence-corrected chi connectivity index (χ4v) is 3.42. The van der Waals surface area contributed by atoms with Crippen molar-refractivity contribution in [2.24, 2.45) is 5.92 Å². The second-order valence-electron chi connectivity index (χ2n) is 7.05. The third kappa shape index (κ3) is 4.50. The molecule has 0 aliphatic heterocycles. The van der Waals surface area contributed by atoms with E-state index in [2.05, 4.69) is 78.9 Å². The van der Waals surface area contributed by atoms with Gasteiger partial charge in [0.25, 0.3) is 0 Å². The summed E-state index contributed by atoms with van der Waals surface area (Å²) >= 11 is 0. The predicted molar refractivity (Wildman–Crippen MR) is 105 cm³/mol. The van der Waals surface area contributed by atoms with E-state index in [1.165, 1.54) is 27.6 Å². The van der Waals surface area contributed by atoms with Crippen molar-refractivity contribution in [1.82, 2.24) is 10.3 Å². The lowest BCUT2D eigenvalue weighted by Gasteiger charge is -2.20. The van der Waals surface area contributed by atoms with Gasteiger partial charge in [0.2, 0.25) is 0 Å². The van der Waals surface area contributed by atoms with Gasteiger partial charge in [-0.1, -0.05) is 42.5 Å². The molecule has 0 radical (unpaired) electrons. The van der Waals surface area contributed by atoms with E-state index in [0.717, 1.165) is 19.4 Å². The van der Waals surface area contributed by atoms with Crippen molar-refractivity contribution >= 4 is 10.9 Å². The number of benzene rings is 2. The Morgan fingerprint density at radius 3 is 2.56 bits per heavy atom. The van der Waals surface area contributed by atoms with E-state index >= 15 is 0 Å². The molecular formula is C22H28N2O. The number of para-hydroxylation sites is 1. The summed E-state index contributed by atoms with van der Waals surface area (Å²) in [5.74, 6) is 0.242. The SMILES string of the molecule is Cc1ccccc1CC(CO)CNC(C)Cc1c[nH]c2ccccc12. The van der Waals surface area contributed by atoms with Crippen LogP contribution in [0.15, 0.2) is 54.7 Å². The topological polar surface area (TPSA) is 48.0 Å². The van der Waals surface area contributed by atoms with Gasteiger partial charge in [0.05, 0.1) is 0 Å². The van der Waals surface area contributed by atoms with Gasteiger partial charge in [-0.25, -0.2) is 0 Å². The number of nitrogens with one attached hydrogen (secondary N) is 2. The van der Waals surface area contributed by atoms with Crippen LogP contribution in [0.2, 0.25) is 0 Å². The van der Waals surface area contributed by atoms with E-state index in [-0.39, 0.29) is 12.5 Å². The summed E-state index contributed by atoms with van der Waals surface area (Å²) in [6, 6.07) is 17.2. The van der Waals surface area contributed by atoms with Crippen LogP contribution in [-0.2, 0) is 12.8 Å². The van der Waals surface area contributed by atoms with Crippen molar-refractivity contribution in [2.75, 3.05) is 13.2 Å². The Labute approximate surface area is 150 Å². The fraction of sp³-hybridized carbons (Fsp3) is 0.364. The summed E-state index contributed by atoms with van der Waals surface area (Å²) in [4.78, 5) is 3.34. The summed E-state index contributed by atoms with van der Waals surface area (Å²) in [5, 5.41) is 14.6. The molecule has 3 heteroatoms. The van der Waals surface area contributed by atoms with Crippen LogP contribution < -0.4 is 5.32 Å². The summed E-state index contributed by atoms with van der Waals surface area (Å²) in [7, 11) is 0. The Kier molecular flexibility index (Phi) is 5.90. The monoisotopic (exact) mass is 336 g/mol. The van der Waals surface area contributed by atoms with Gasteiger partial charge >= 0.3 is 0 Å². The van der Waals surface area contributed by atoms with Crippen molar-refractivity contribution in [3.05, 3.63) is 71.4 Å². The minimum absolute atomic E-state index is 0.209. The van der Waals surface area contributed by atoms with E-state index in [4.69, 9.17) is 0 Å². The molecule has 2 aromatic carbocycles. The highest BCUT2D eigenvalue weighted by Crippen LogP contribution is 2.19. The first kappa shape index (κ1) is 17.7. The van der Waals surface area contributed by atoms with Crippen molar-refractivity contribution in [2.45, 2.75) is 32.7 Å². The maximum atomic E-state index is 9.74. The summed E-state index contributed by atoms with van der Waals surface area (Å²) in [6.45, 7) is 5.39. The van der Waals surface area contributed by atoms with Crippen LogP contribution in [0.5, 0.6) is 0 Å². The predicted octanol–water partition coefficient (Wildman–Crippen LogP) is 3.85. The average Bonchev–Trinajstić information content (AvgIpc) is 3.03. The number of hydrogen-bond donors (Lipinski definition) is 3. The van der Waals surface area contributed by atoms with Gasteiger partial charge in [0.15, 0.2) is 0 Å². The van der Waals surface area contributed by atoms with Crippen molar-refractivity contribution in [1.29, 1.82) is 0 Å². The van der Waals surface area contributed by atoms with Crippen LogP contribution in [-0.4, -0.2) is 29.3 Å². The molecule has 0 spiro atoms. The molecule has 2 unspecified atom stereocenters. The van der Waals surface area contributed by atoms with E-state index < -0.39 is 0 Å². The highest BCUT2D eigenvalue weighted by atomic mass is 16.3. The van der Waals surface area contributed by atoms with Gasteiger partial charge in [-0.2, -0.15) is 0 Å². The molecule has 0 saturated heterocycles. The zero-order chi connectivity index (χ0) is 17.6. The number of aryl methyl sites for hydroxylation is 1. The number of hydrogen-bond acceptors (Lipinski definition) is 2.